The highest BCUT2D eigenvalue weighted by atomic mass is 35.5. The fourth-order valence-corrected chi connectivity index (χ4v) is 5.80. The minimum atomic E-state index is -0.273. The molecule has 3 aliphatic rings. The molecule has 0 N–H and O–H groups in total. The Morgan fingerprint density at radius 3 is 2.54 bits per heavy atom. The first-order valence-corrected chi connectivity index (χ1v) is 11.6. The lowest BCUT2D eigenvalue weighted by molar-refractivity contribution is -0.122. The number of hydrogen-bond acceptors (Lipinski definition) is 3. The van der Waals surface area contributed by atoms with E-state index < -0.39 is 0 Å². The van der Waals surface area contributed by atoms with E-state index in [2.05, 4.69) is 23.1 Å². The Bertz CT molecular complexity index is 927. The second-order valence-corrected chi connectivity index (χ2v) is 9.87. The van der Waals surface area contributed by atoms with Gasteiger partial charge in [-0.1, -0.05) is 35.3 Å². The normalized spacial score (nSPS) is 20.1. The number of carbonyl (C=O) groups excluding carboxylic acids is 1. The SMILES string of the molecule is O=C(N1CCN(C2CC2)c2ccccc21)C1(CSc2cc(Cl)ccc2Cl)CC1. The van der Waals surface area contributed by atoms with Gasteiger partial charge in [0, 0.05) is 34.8 Å². The summed E-state index contributed by atoms with van der Waals surface area (Å²) >= 11 is 14.1. The Hall–Kier alpha value is -1.36. The zero-order chi connectivity index (χ0) is 19.3. The molecule has 0 radical (unpaired) electrons. The number of hydrogen-bond donors (Lipinski definition) is 0. The predicted octanol–water partition coefficient (Wildman–Crippen LogP) is 5.88. The highest BCUT2D eigenvalue weighted by Gasteiger charge is 2.52. The molecule has 2 aromatic rings. The Kier molecular flexibility index (Phi) is 4.77. The number of para-hydroxylation sites is 2. The third kappa shape index (κ3) is 3.40. The molecular weight excluding hydrogens is 411 g/mol. The number of thioether (sulfide) groups is 1. The summed E-state index contributed by atoms with van der Waals surface area (Å²) in [4.78, 5) is 19.0. The van der Waals surface area contributed by atoms with E-state index in [0.717, 1.165) is 42.3 Å². The van der Waals surface area contributed by atoms with Gasteiger partial charge in [-0.2, -0.15) is 0 Å². The molecule has 0 bridgehead atoms. The fourth-order valence-electron chi connectivity index (χ4n) is 4.02. The first-order chi connectivity index (χ1) is 13.6. The summed E-state index contributed by atoms with van der Waals surface area (Å²) in [6.07, 6.45) is 4.43. The molecule has 6 heteroatoms. The van der Waals surface area contributed by atoms with Crippen LogP contribution in [0.2, 0.25) is 10.0 Å². The van der Waals surface area contributed by atoms with Crippen LogP contribution in [0.1, 0.15) is 25.7 Å². The van der Waals surface area contributed by atoms with Crippen molar-refractivity contribution in [2.45, 2.75) is 36.6 Å². The van der Waals surface area contributed by atoms with Crippen LogP contribution >= 0.6 is 35.0 Å². The molecule has 146 valence electrons. The van der Waals surface area contributed by atoms with Crippen LogP contribution in [-0.4, -0.2) is 30.8 Å². The maximum atomic E-state index is 13.5. The molecule has 0 saturated heterocycles. The highest BCUT2D eigenvalue weighted by Crippen LogP contribution is 2.53. The van der Waals surface area contributed by atoms with Crippen molar-refractivity contribution in [2.75, 3.05) is 28.6 Å². The van der Waals surface area contributed by atoms with Gasteiger partial charge in [0.05, 0.1) is 21.8 Å². The van der Waals surface area contributed by atoms with Gasteiger partial charge < -0.3 is 9.80 Å². The van der Waals surface area contributed by atoms with Gasteiger partial charge in [-0.25, -0.2) is 0 Å². The van der Waals surface area contributed by atoms with Crippen molar-refractivity contribution in [3.8, 4) is 0 Å². The lowest BCUT2D eigenvalue weighted by Crippen LogP contribution is -2.48. The molecule has 0 atom stereocenters. The molecule has 5 rings (SSSR count). The van der Waals surface area contributed by atoms with Crippen LogP contribution in [0.25, 0.3) is 0 Å². The Balaban J connectivity index is 1.35. The molecule has 2 saturated carbocycles. The monoisotopic (exact) mass is 432 g/mol. The fraction of sp³-hybridized carbons (Fsp3) is 0.409. The summed E-state index contributed by atoms with van der Waals surface area (Å²) in [5.74, 6) is 1.01. The first kappa shape index (κ1) is 18.7. The van der Waals surface area contributed by atoms with E-state index in [1.807, 2.05) is 23.1 Å². The number of anilines is 2. The van der Waals surface area contributed by atoms with Crippen molar-refractivity contribution in [1.29, 1.82) is 0 Å². The van der Waals surface area contributed by atoms with E-state index in [9.17, 15) is 4.79 Å². The summed E-state index contributed by atoms with van der Waals surface area (Å²) in [5.41, 5.74) is 2.01. The average molecular weight is 433 g/mol. The summed E-state index contributed by atoms with van der Waals surface area (Å²) in [6.45, 7) is 1.70. The van der Waals surface area contributed by atoms with E-state index in [4.69, 9.17) is 23.2 Å². The van der Waals surface area contributed by atoms with Crippen molar-refractivity contribution in [2.24, 2.45) is 5.41 Å². The maximum Gasteiger partial charge on any atom is 0.234 e. The van der Waals surface area contributed by atoms with Crippen LogP contribution in [0.15, 0.2) is 47.4 Å². The summed E-state index contributed by atoms with van der Waals surface area (Å²) < 4.78 is 0. The van der Waals surface area contributed by atoms with Crippen molar-refractivity contribution >= 4 is 52.2 Å². The van der Waals surface area contributed by atoms with Crippen molar-refractivity contribution in [3.05, 3.63) is 52.5 Å². The molecule has 28 heavy (non-hydrogen) atoms. The zero-order valence-electron chi connectivity index (χ0n) is 15.5. The molecule has 2 aromatic carbocycles. The van der Waals surface area contributed by atoms with Crippen LogP contribution in [0, 0.1) is 5.41 Å². The summed E-state index contributed by atoms with van der Waals surface area (Å²) in [6, 6.07) is 14.5. The first-order valence-electron chi connectivity index (χ1n) is 9.83. The lowest BCUT2D eigenvalue weighted by atomic mass is 10.1. The molecule has 1 aliphatic heterocycles. The van der Waals surface area contributed by atoms with Gasteiger partial charge in [0.25, 0.3) is 0 Å². The van der Waals surface area contributed by atoms with Gasteiger partial charge >= 0.3 is 0 Å². The maximum absolute atomic E-state index is 13.5. The van der Waals surface area contributed by atoms with Crippen molar-refractivity contribution in [1.82, 2.24) is 0 Å². The lowest BCUT2D eigenvalue weighted by Gasteiger charge is -2.39. The quantitative estimate of drug-likeness (QED) is 0.550. The largest absolute Gasteiger partial charge is 0.365 e. The number of halogens is 2. The molecule has 3 nitrogen and oxygen atoms in total. The highest BCUT2D eigenvalue weighted by molar-refractivity contribution is 7.99. The van der Waals surface area contributed by atoms with Crippen LogP contribution in [0.3, 0.4) is 0 Å². The van der Waals surface area contributed by atoms with Gasteiger partial charge in [-0.3, -0.25) is 4.79 Å². The number of rotatable bonds is 5. The summed E-state index contributed by atoms with van der Waals surface area (Å²) in [5, 5.41) is 1.37. The van der Waals surface area contributed by atoms with Gasteiger partial charge in [0.15, 0.2) is 0 Å². The van der Waals surface area contributed by atoms with Gasteiger partial charge in [0.2, 0.25) is 5.91 Å². The molecule has 0 spiro atoms. The van der Waals surface area contributed by atoms with Crippen LogP contribution in [0.5, 0.6) is 0 Å². The van der Waals surface area contributed by atoms with E-state index >= 15 is 0 Å². The molecule has 0 aromatic heterocycles. The number of benzene rings is 2. The van der Waals surface area contributed by atoms with Gasteiger partial charge in [-0.15, -0.1) is 11.8 Å². The number of nitrogens with zero attached hydrogens (tertiary/aromatic N) is 2. The predicted molar refractivity (Wildman–Crippen MR) is 118 cm³/mol. The molecule has 1 heterocycles. The second-order valence-electron chi connectivity index (χ2n) is 8.01. The topological polar surface area (TPSA) is 23.6 Å². The molecule has 2 fully saturated rings. The van der Waals surface area contributed by atoms with E-state index in [1.54, 1.807) is 17.8 Å². The van der Waals surface area contributed by atoms with Crippen LogP contribution < -0.4 is 9.80 Å². The smallest absolute Gasteiger partial charge is 0.234 e. The minimum Gasteiger partial charge on any atom is -0.365 e. The molecule has 0 unspecified atom stereocenters. The Morgan fingerprint density at radius 2 is 1.82 bits per heavy atom. The number of carbonyl (C=O) groups is 1. The number of fused-ring (bicyclic) bond motifs is 1. The number of amides is 1. The van der Waals surface area contributed by atoms with Crippen LogP contribution in [0.4, 0.5) is 11.4 Å². The minimum absolute atomic E-state index is 0.265. The van der Waals surface area contributed by atoms with E-state index in [1.165, 1.54) is 18.5 Å². The van der Waals surface area contributed by atoms with E-state index in [0.29, 0.717) is 16.1 Å². The molecule has 1 amide bonds. The van der Waals surface area contributed by atoms with Crippen LogP contribution in [-0.2, 0) is 4.79 Å². The molecular formula is C22H22Cl2N2OS. The van der Waals surface area contributed by atoms with Gasteiger partial charge in [-0.05, 0) is 56.0 Å². The third-order valence-corrected chi connectivity index (χ3v) is 8.01. The average Bonchev–Trinajstić information content (AvgIpc) is 3.62. The van der Waals surface area contributed by atoms with Crippen molar-refractivity contribution in [3.63, 3.8) is 0 Å². The zero-order valence-corrected chi connectivity index (χ0v) is 17.9. The third-order valence-electron chi connectivity index (χ3n) is 5.98. The Labute approximate surface area is 180 Å². The Morgan fingerprint density at radius 1 is 1.07 bits per heavy atom. The molecule has 2 aliphatic carbocycles. The second kappa shape index (κ2) is 7.16. The standard InChI is InChI=1S/C22H22Cl2N2OS/c23-15-5-8-17(24)20(13-15)28-14-22(9-10-22)21(27)26-12-11-25(16-6-7-16)18-3-1-2-4-19(18)26/h1-5,8,13,16H,6-7,9-12,14H2. The van der Waals surface area contributed by atoms with Gasteiger partial charge in [0.1, 0.15) is 0 Å². The van der Waals surface area contributed by atoms with Crippen molar-refractivity contribution < 1.29 is 4.79 Å². The summed E-state index contributed by atoms with van der Waals surface area (Å²) in [7, 11) is 0. The van der Waals surface area contributed by atoms with E-state index in [-0.39, 0.29) is 11.3 Å².